The number of nitrogens with zero attached hydrogens (tertiary/aromatic N) is 2. The summed E-state index contributed by atoms with van der Waals surface area (Å²) in [6.07, 6.45) is 4.50. The van der Waals surface area contributed by atoms with E-state index in [2.05, 4.69) is 39.5 Å². The minimum atomic E-state index is 0.555. The van der Waals surface area contributed by atoms with Crippen LogP contribution in [0.1, 0.15) is 24.4 Å². The lowest BCUT2D eigenvalue weighted by atomic mass is 10.0. The van der Waals surface area contributed by atoms with Gasteiger partial charge in [-0.25, -0.2) is 0 Å². The van der Waals surface area contributed by atoms with E-state index >= 15 is 0 Å². The molecule has 1 aromatic rings. The molecule has 16 heavy (non-hydrogen) atoms. The summed E-state index contributed by atoms with van der Waals surface area (Å²) in [4.78, 5) is 6.47. The van der Waals surface area contributed by atoms with Gasteiger partial charge >= 0.3 is 0 Å². The normalized spacial score (nSPS) is 24.2. The molecule has 0 radical (unpaired) electrons. The van der Waals surface area contributed by atoms with Crippen molar-refractivity contribution in [3.05, 3.63) is 29.8 Å². The molecule has 0 aromatic heterocycles. The van der Waals surface area contributed by atoms with Gasteiger partial charge in [-0.15, -0.1) is 0 Å². The molecule has 0 saturated carbocycles. The van der Waals surface area contributed by atoms with E-state index in [9.17, 15) is 0 Å². The summed E-state index contributed by atoms with van der Waals surface area (Å²) in [5.41, 5.74) is 2.68. The Morgan fingerprint density at radius 1 is 1.38 bits per heavy atom. The zero-order valence-corrected chi connectivity index (χ0v) is 9.39. The van der Waals surface area contributed by atoms with Crippen LogP contribution in [0.5, 0.6) is 0 Å². The first-order chi connectivity index (χ1) is 7.93. The highest BCUT2D eigenvalue weighted by Crippen LogP contribution is 2.26. The van der Waals surface area contributed by atoms with Gasteiger partial charge in [-0.2, -0.15) is 0 Å². The predicted octanol–water partition coefficient (Wildman–Crippen LogP) is 1.96. The fraction of sp³-hybridized carbons (Fsp3) is 0.462. The van der Waals surface area contributed by atoms with Gasteiger partial charge in [0.05, 0.1) is 12.9 Å². The molecule has 0 spiro atoms. The number of hydrogen-bond donors (Lipinski definition) is 1. The first kappa shape index (κ1) is 9.85. The van der Waals surface area contributed by atoms with Crippen molar-refractivity contribution in [2.45, 2.75) is 18.9 Å². The van der Waals surface area contributed by atoms with Gasteiger partial charge in [-0.3, -0.25) is 4.99 Å². The summed E-state index contributed by atoms with van der Waals surface area (Å²) < 4.78 is 0. The van der Waals surface area contributed by atoms with Crippen LogP contribution < -0.4 is 10.2 Å². The number of hydrogen-bond acceptors (Lipinski definition) is 3. The van der Waals surface area contributed by atoms with E-state index in [1.54, 1.807) is 0 Å². The Bertz CT molecular complexity index is 394. The fourth-order valence-electron chi connectivity index (χ4n) is 2.46. The molecular formula is C13H17N3. The van der Waals surface area contributed by atoms with Crippen molar-refractivity contribution >= 4 is 12.0 Å². The lowest BCUT2D eigenvalue weighted by Crippen LogP contribution is -2.19. The smallest absolute Gasteiger partial charge is 0.0895 e. The maximum atomic E-state index is 4.25. The molecule has 0 bridgehead atoms. The minimum Gasteiger partial charge on any atom is -0.331 e. The van der Waals surface area contributed by atoms with Crippen molar-refractivity contribution < 1.29 is 0 Å². The van der Waals surface area contributed by atoms with E-state index < -0.39 is 0 Å². The monoisotopic (exact) mass is 215 g/mol. The highest BCUT2D eigenvalue weighted by atomic mass is 15.2. The van der Waals surface area contributed by atoms with Gasteiger partial charge in [0.25, 0.3) is 0 Å². The van der Waals surface area contributed by atoms with Crippen LogP contribution in [0.3, 0.4) is 0 Å². The standard InChI is InChI=1S/C13H17N3/c1-3-11(13-5-2-6-15-13)9-12(4-1)16-8-7-14-10-16/h1,3-4,9-10,13,15H,2,5-8H2. The first-order valence-electron chi connectivity index (χ1n) is 6.03. The molecule has 2 heterocycles. The molecule has 1 unspecified atom stereocenters. The van der Waals surface area contributed by atoms with Crippen LogP contribution in [0.2, 0.25) is 0 Å². The van der Waals surface area contributed by atoms with Gasteiger partial charge in [0.15, 0.2) is 0 Å². The van der Waals surface area contributed by atoms with E-state index in [0.717, 1.165) is 19.6 Å². The molecule has 2 aliphatic rings. The summed E-state index contributed by atoms with van der Waals surface area (Å²) >= 11 is 0. The average molecular weight is 215 g/mol. The van der Waals surface area contributed by atoms with Gasteiger partial charge in [0.2, 0.25) is 0 Å². The second kappa shape index (κ2) is 4.26. The van der Waals surface area contributed by atoms with Crippen molar-refractivity contribution in [1.29, 1.82) is 0 Å². The number of benzene rings is 1. The van der Waals surface area contributed by atoms with Crippen LogP contribution in [0, 0.1) is 0 Å². The number of anilines is 1. The molecule has 3 nitrogen and oxygen atoms in total. The third-order valence-corrected chi connectivity index (χ3v) is 3.36. The van der Waals surface area contributed by atoms with Gasteiger partial charge < -0.3 is 10.2 Å². The van der Waals surface area contributed by atoms with E-state index in [-0.39, 0.29) is 0 Å². The maximum absolute atomic E-state index is 4.25. The summed E-state index contributed by atoms with van der Waals surface area (Å²) in [7, 11) is 0. The lowest BCUT2D eigenvalue weighted by Gasteiger charge is -2.17. The van der Waals surface area contributed by atoms with Crippen molar-refractivity contribution in [3.8, 4) is 0 Å². The summed E-state index contributed by atoms with van der Waals surface area (Å²) in [5, 5.41) is 3.54. The average Bonchev–Trinajstić information content (AvgIpc) is 3.03. The zero-order chi connectivity index (χ0) is 10.8. The van der Waals surface area contributed by atoms with Gasteiger partial charge in [0, 0.05) is 18.3 Å². The van der Waals surface area contributed by atoms with Crippen LogP contribution in [-0.2, 0) is 0 Å². The third-order valence-electron chi connectivity index (χ3n) is 3.36. The largest absolute Gasteiger partial charge is 0.331 e. The molecule has 1 saturated heterocycles. The van der Waals surface area contributed by atoms with Crippen LogP contribution in [0.25, 0.3) is 0 Å². The molecule has 1 N–H and O–H groups in total. The molecule has 0 aliphatic carbocycles. The minimum absolute atomic E-state index is 0.555. The topological polar surface area (TPSA) is 27.6 Å². The Morgan fingerprint density at radius 3 is 3.12 bits per heavy atom. The molecule has 3 heteroatoms. The summed E-state index contributed by atoms with van der Waals surface area (Å²) in [5.74, 6) is 0. The molecule has 1 atom stereocenters. The lowest BCUT2D eigenvalue weighted by molar-refractivity contribution is 0.648. The Labute approximate surface area is 96.2 Å². The summed E-state index contributed by atoms with van der Waals surface area (Å²) in [6.45, 7) is 3.09. The first-order valence-corrected chi connectivity index (χ1v) is 6.03. The summed E-state index contributed by atoms with van der Waals surface area (Å²) in [6, 6.07) is 9.38. The van der Waals surface area contributed by atoms with Crippen LogP contribution >= 0.6 is 0 Å². The quantitative estimate of drug-likeness (QED) is 0.816. The van der Waals surface area contributed by atoms with Crippen LogP contribution in [-0.4, -0.2) is 26.0 Å². The van der Waals surface area contributed by atoms with E-state index in [1.807, 2.05) is 6.34 Å². The second-order valence-corrected chi connectivity index (χ2v) is 4.46. The Balaban J connectivity index is 1.84. The number of rotatable bonds is 2. The van der Waals surface area contributed by atoms with Gasteiger partial charge in [0.1, 0.15) is 0 Å². The van der Waals surface area contributed by atoms with Gasteiger partial charge in [-0.1, -0.05) is 12.1 Å². The van der Waals surface area contributed by atoms with E-state index in [0.29, 0.717) is 6.04 Å². The highest BCUT2D eigenvalue weighted by molar-refractivity contribution is 5.81. The van der Waals surface area contributed by atoms with Crippen molar-refractivity contribution in [3.63, 3.8) is 0 Å². The molecular weight excluding hydrogens is 198 g/mol. The van der Waals surface area contributed by atoms with Crippen LogP contribution in [0.15, 0.2) is 29.3 Å². The van der Waals surface area contributed by atoms with Crippen molar-refractivity contribution in [2.75, 3.05) is 24.5 Å². The van der Waals surface area contributed by atoms with Gasteiger partial charge in [-0.05, 0) is 37.1 Å². The highest BCUT2D eigenvalue weighted by Gasteiger charge is 2.17. The van der Waals surface area contributed by atoms with E-state index in [1.165, 1.54) is 24.1 Å². The van der Waals surface area contributed by atoms with E-state index in [4.69, 9.17) is 0 Å². The van der Waals surface area contributed by atoms with Crippen molar-refractivity contribution in [2.24, 2.45) is 4.99 Å². The Morgan fingerprint density at radius 2 is 2.38 bits per heavy atom. The molecule has 1 aromatic carbocycles. The zero-order valence-electron chi connectivity index (χ0n) is 9.39. The molecule has 84 valence electrons. The predicted molar refractivity (Wildman–Crippen MR) is 67.1 cm³/mol. The second-order valence-electron chi connectivity index (χ2n) is 4.46. The SMILES string of the molecule is C1=NCCN1c1cccc(C2CCCN2)c1. The molecule has 3 rings (SSSR count). The maximum Gasteiger partial charge on any atom is 0.0895 e. The molecule has 1 fully saturated rings. The number of nitrogens with one attached hydrogen (secondary N) is 1. The molecule has 0 amide bonds. The van der Waals surface area contributed by atoms with Crippen molar-refractivity contribution in [1.82, 2.24) is 5.32 Å². The fourth-order valence-corrected chi connectivity index (χ4v) is 2.46. The third kappa shape index (κ3) is 1.83. The number of aliphatic imine (C=N–C) groups is 1. The Hall–Kier alpha value is -1.35. The molecule has 2 aliphatic heterocycles. The van der Waals surface area contributed by atoms with Crippen LogP contribution in [0.4, 0.5) is 5.69 Å². The Kier molecular flexibility index (Phi) is 2.62.